The fourth-order valence-electron chi connectivity index (χ4n) is 3.48. The SMILES string of the molecule is COc1cccc(C(=O)N2CC[C@@H](n3cc(-c4nc(C5CC5)no4)nn3)C2)c1. The van der Waals surface area contributed by atoms with Crippen LogP contribution < -0.4 is 4.74 Å². The maximum absolute atomic E-state index is 12.8. The molecular weight excluding hydrogens is 360 g/mol. The van der Waals surface area contributed by atoms with E-state index in [0.717, 1.165) is 25.1 Å². The smallest absolute Gasteiger partial charge is 0.280 e. The van der Waals surface area contributed by atoms with Gasteiger partial charge in [-0.25, -0.2) is 4.68 Å². The molecule has 1 amide bonds. The third kappa shape index (κ3) is 3.12. The van der Waals surface area contributed by atoms with Gasteiger partial charge in [0.25, 0.3) is 11.8 Å². The normalized spacial score (nSPS) is 19.2. The zero-order valence-electron chi connectivity index (χ0n) is 15.5. The zero-order valence-corrected chi connectivity index (χ0v) is 15.5. The summed E-state index contributed by atoms with van der Waals surface area (Å²) in [4.78, 5) is 19.0. The van der Waals surface area contributed by atoms with E-state index in [1.54, 1.807) is 23.9 Å². The minimum atomic E-state index is -0.00675. The quantitative estimate of drug-likeness (QED) is 0.669. The molecule has 1 saturated heterocycles. The van der Waals surface area contributed by atoms with Crippen molar-refractivity contribution < 1.29 is 14.1 Å². The van der Waals surface area contributed by atoms with Crippen molar-refractivity contribution in [3.63, 3.8) is 0 Å². The van der Waals surface area contributed by atoms with Crippen molar-refractivity contribution in [2.24, 2.45) is 0 Å². The van der Waals surface area contributed by atoms with Gasteiger partial charge in [0, 0.05) is 24.6 Å². The van der Waals surface area contributed by atoms with Crippen LogP contribution in [-0.4, -0.2) is 56.1 Å². The molecule has 0 radical (unpaired) electrons. The van der Waals surface area contributed by atoms with Gasteiger partial charge in [-0.05, 0) is 37.5 Å². The number of ether oxygens (including phenoxy) is 1. The average molecular weight is 380 g/mol. The van der Waals surface area contributed by atoms with Gasteiger partial charge < -0.3 is 14.2 Å². The van der Waals surface area contributed by atoms with Gasteiger partial charge in [0.15, 0.2) is 11.5 Å². The Hall–Kier alpha value is -3.23. The lowest BCUT2D eigenvalue weighted by atomic mass is 10.2. The Labute approximate surface area is 161 Å². The van der Waals surface area contributed by atoms with Crippen LogP contribution in [0.2, 0.25) is 0 Å². The van der Waals surface area contributed by atoms with E-state index < -0.39 is 0 Å². The van der Waals surface area contributed by atoms with Crippen molar-refractivity contribution >= 4 is 5.91 Å². The number of nitrogens with zero attached hydrogens (tertiary/aromatic N) is 6. The number of benzene rings is 1. The van der Waals surface area contributed by atoms with E-state index in [9.17, 15) is 4.79 Å². The van der Waals surface area contributed by atoms with E-state index in [1.807, 2.05) is 23.2 Å². The Morgan fingerprint density at radius 3 is 3.00 bits per heavy atom. The maximum Gasteiger partial charge on any atom is 0.280 e. The van der Waals surface area contributed by atoms with Gasteiger partial charge in [-0.1, -0.05) is 16.4 Å². The Morgan fingerprint density at radius 1 is 1.29 bits per heavy atom. The Morgan fingerprint density at radius 2 is 2.18 bits per heavy atom. The van der Waals surface area contributed by atoms with Gasteiger partial charge in [-0.3, -0.25) is 4.79 Å². The molecule has 1 aromatic carbocycles. The van der Waals surface area contributed by atoms with E-state index >= 15 is 0 Å². The van der Waals surface area contributed by atoms with Crippen molar-refractivity contribution in [3.8, 4) is 17.3 Å². The molecule has 144 valence electrons. The summed E-state index contributed by atoms with van der Waals surface area (Å²) in [6.45, 7) is 1.25. The molecule has 3 heterocycles. The summed E-state index contributed by atoms with van der Waals surface area (Å²) in [6.07, 6.45) is 4.86. The summed E-state index contributed by atoms with van der Waals surface area (Å²) in [5.41, 5.74) is 1.19. The predicted molar refractivity (Wildman–Crippen MR) is 97.8 cm³/mol. The second kappa shape index (κ2) is 6.74. The van der Waals surface area contributed by atoms with Gasteiger partial charge in [0.2, 0.25) is 0 Å². The molecule has 0 spiro atoms. The Kier molecular flexibility index (Phi) is 4.07. The lowest BCUT2D eigenvalue weighted by molar-refractivity contribution is 0.0786. The van der Waals surface area contributed by atoms with Crippen LogP contribution >= 0.6 is 0 Å². The number of carbonyl (C=O) groups is 1. The van der Waals surface area contributed by atoms with Crippen LogP contribution in [-0.2, 0) is 0 Å². The second-order valence-electron chi connectivity index (χ2n) is 7.24. The first-order chi connectivity index (χ1) is 13.7. The van der Waals surface area contributed by atoms with Crippen molar-refractivity contribution in [3.05, 3.63) is 41.9 Å². The molecule has 3 aromatic rings. The summed E-state index contributed by atoms with van der Waals surface area (Å²) in [5.74, 6) is 2.25. The van der Waals surface area contributed by atoms with E-state index in [2.05, 4.69) is 20.5 Å². The molecule has 1 atom stereocenters. The van der Waals surface area contributed by atoms with Crippen molar-refractivity contribution in [2.45, 2.75) is 31.2 Å². The van der Waals surface area contributed by atoms with Gasteiger partial charge in [-0.2, -0.15) is 4.98 Å². The van der Waals surface area contributed by atoms with E-state index in [0.29, 0.717) is 41.9 Å². The first kappa shape index (κ1) is 16.9. The molecule has 9 nitrogen and oxygen atoms in total. The van der Waals surface area contributed by atoms with Crippen molar-refractivity contribution in [2.75, 3.05) is 20.2 Å². The fraction of sp³-hybridized carbons (Fsp3) is 0.421. The largest absolute Gasteiger partial charge is 0.497 e. The van der Waals surface area contributed by atoms with Gasteiger partial charge in [0.1, 0.15) is 5.75 Å². The van der Waals surface area contributed by atoms with Crippen LogP contribution in [0.3, 0.4) is 0 Å². The lowest BCUT2D eigenvalue weighted by Crippen LogP contribution is -2.29. The monoisotopic (exact) mass is 380 g/mol. The van der Waals surface area contributed by atoms with Crippen LogP contribution in [0.1, 0.15) is 47.4 Å². The van der Waals surface area contributed by atoms with Gasteiger partial charge in [0.05, 0.1) is 19.3 Å². The number of amides is 1. The molecule has 28 heavy (non-hydrogen) atoms. The topological polar surface area (TPSA) is 99.2 Å². The Balaban J connectivity index is 1.28. The lowest BCUT2D eigenvalue weighted by Gasteiger charge is -2.17. The maximum atomic E-state index is 12.8. The Bertz CT molecular complexity index is 1010. The van der Waals surface area contributed by atoms with Gasteiger partial charge in [-0.15, -0.1) is 5.10 Å². The molecule has 0 bridgehead atoms. The first-order valence-electron chi connectivity index (χ1n) is 9.40. The average Bonchev–Trinajstić information content (AvgIpc) is 3.16. The highest BCUT2D eigenvalue weighted by molar-refractivity contribution is 5.94. The van der Waals surface area contributed by atoms with E-state index in [1.165, 1.54) is 0 Å². The minimum absolute atomic E-state index is 0.00675. The van der Waals surface area contributed by atoms with Gasteiger partial charge >= 0.3 is 0 Å². The molecule has 9 heteroatoms. The third-order valence-corrected chi connectivity index (χ3v) is 5.26. The number of rotatable bonds is 5. The summed E-state index contributed by atoms with van der Waals surface area (Å²) >= 11 is 0. The minimum Gasteiger partial charge on any atom is -0.497 e. The molecule has 2 aromatic heterocycles. The number of carbonyl (C=O) groups excluding carboxylic acids is 1. The highest BCUT2D eigenvalue weighted by Gasteiger charge is 2.31. The summed E-state index contributed by atoms with van der Waals surface area (Å²) in [5, 5.41) is 12.4. The number of hydrogen-bond donors (Lipinski definition) is 0. The highest BCUT2D eigenvalue weighted by atomic mass is 16.5. The molecule has 1 saturated carbocycles. The standard InChI is InChI=1S/C19H20N6O3/c1-27-15-4-2-3-13(9-15)19(26)24-8-7-14(10-24)25-11-16(21-23-25)18-20-17(22-28-18)12-5-6-12/h2-4,9,11-12,14H,5-8,10H2,1H3/t14-/m1/s1. The van der Waals surface area contributed by atoms with Crippen molar-refractivity contribution in [1.29, 1.82) is 0 Å². The van der Waals surface area contributed by atoms with Crippen LogP contribution in [0.15, 0.2) is 35.0 Å². The number of hydrogen-bond acceptors (Lipinski definition) is 7. The van der Waals surface area contributed by atoms with Crippen LogP contribution in [0.25, 0.3) is 11.6 Å². The molecule has 2 aliphatic rings. The van der Waals surface area contributed by atoms with E-state index in [4.69, 9.17) is 9.26 Å². The van der Waals surface area contributed by atoms with E-state index in [-0.39, 0.29) is 11.9 Å². The second-order valence-corrected chi connectivity index (χ2v) is 7.24. The molecule has 2 fully saturated rings. The molecule has 0 N–H and O–H groups in total. The highest BCUT2D eigenvalue weighted by Crippen LogP contribution is 2.38. The predicted octanol–water partition coefficient (Wildman–Crippen LogP) is 2.30. The molecule has 1 aliphatic carbocycles. The third-order valence-electron chi connectivity index (χ3n) is 5.26. The molecule has 5 rings (SSSR count). The van der Waals surface area contributed by atoms with Crippen molar-refractivity contribution in [1.82, 2.24) is 30.0 Å². The van der Waals surface area contributed by atoms with Crippen LogP contribution in [0, 0.1) is 0 Å². The number of aromatic nitrogens is 5. The van der Waals surface area contributed by atoms with Crippen LogP contribution in [0.4, 0.5) is 0 Å². The fourth-order valence-corrected chi connectivity index (χ4v) is 3.48. The first-order valence-corrected chi connectivity index (χ1v) is 9.40. The summed E-state index contributed by atoms with van der Waals surface area (Å²) in [6, 6.07) is 7.28. The molecule has 1 aliphatic heterocycles. The zero-order chi connectivity index (χ0) is 19.1. The number of methoxy groups -OCH3 is 1. The molecule has 0 unspecified atom stereocenters. The number of likely N-dealkylation sites (tertiary alicyclic amines) is 1. The van der Waals surface area contributed by atoms with Crippen LogP contribution in [0.5, 0.6) is 5.75 Å². The summed E-state index contributed by atoms with van der Waals surface area (Å²) < 4.78 is 12.3. The summed E-state index contributed by atoms with van der Waals surface area (Å²) in [7, 11) is 1.59. The molecular formula is C19H20N6O3.